The second-order valence-corrected chi connectivity index (χ2v) is 7.25. The van der Waals surface area contributed by atoms with Crippen LogP contribution < -0.4 is 5.32 Å². The molecule has 1 rings (SSSR count). The molecule has 0 aromatic heterocycles. The lowest BCUT2D eigenvalue weighted by Crippen LogP contribution is -2.31. The first-order valence-electron chi connectivity index (χ1n) is 8.20. The number of ether oxygens (including phenoxy) is 1. The number of rotatable bonds is 10. The number of methoxy groups -OCH3 is 1. The summed E-state index contributed by atoms with van der Waals surface area (Å²) in [4.78, 5) is 0. The molecule has 0 atom stereocenters. The molecular weight excluding hydrogens is 258 g/mol. The van der Waals surface area contributed by atoms with E-state index >= 15 is 0 Å². The fraction of sp³-hybridized carbons (Fsp3) is 0.684. The van der Waals surface area contributed by atoms with Crippen molar-refractivity contribution in [2.75, 3.05) is 26.8 Å². The Labute approximate surface area is 131 Å². The minimum atomic E-state index is 0.324. The van der Waals surface area contributed by atoms with E-state index in [1.807, 2.05) is 0 Å². The van der Waals surface area contributed by atoms with Gasteiger partial charge in [0.2, 0.25) is 0 Å². The molecule has 0 aliphatic heterocycles. The molecule has 0 amide bonds. The molecule has 0 aliphatic carbocycles. The van der Waals surface area contributed by atoms with Crippen molar-refractivity contribution in [1.82, 2.24) is 5.32 Å². The molecule has 1 N–H and O–H groups in total. The second kappa shape index (κ2) is 9.22. The summed E-state index contributed by atoms with van der Waals surface area (Å²) < 4.78 is 5.06. The summed E-state index contributed by atoms with van der Waals surface area (Å²) in [7, 11) is 1.75. The molecule has 0 saturated heterocycles. The number of aryl methyl sites for hydroxylation is 1. The lowest BCUT2D eigenvalue weighted by Gasteiger charge is -2.25. The first kappa shape index (κ1) is 18.2. The van der Waals surface area contributed by atoms with Gasteiger partial charge in [-0.25, -0.2) is 0 Å². The summed E-state index contributed by atoms with van der Waals surface area (Å²) in [6.45, 7) is 12.0. The molecule has 2 heteroatoms. The number of benzene rings is 1. The van der Waals surface area contributed by atoms with E-state index in [9.17, 15) is 0 Å². The average molecular weight is 291 g/mol. The lowest BCUT2D eigenvalue weighted by atomic mass is 9.86. The van der Waals surface area contributed by atoms with Gasteiger partial charge in [0.1, 0.15) is 0 Å². The van der Waals surface area contributed by atoms with E-state index in [2.05, 4.69) is 57.3 Å². The zero-order valence-electron chi connectivity index (χ0n) is 14.5. The molecule has 0 radical (unpaired) electrons. The van der Waals surface area contributed by atoms with Crippen molar-refractivity contribution >= 4 is 0 Å². The largest absolute Gasteiger partial charge is 0.383 e. The van der Waals surface area contributed by atoms with Gasteiger partial charge in [-0.05, 0) is 41.7 Å². The van der Waals surface area contributed by atoms with E-state index in [0.717, 1.165) is 32.0 Å². The number of hydrogen-bond donors (Lipinski definition) is 1. The second-order valence-electron chi connectivity index (χ2n) is 7.25. The Morgan fingerprint density at radius 2 is 1.71 bits per heavy atom. The molecule has 0 aliphatic rings. The predicted molar refractivity (Wildman–Crippen MR) is 91.8 cm³/mol. The quantitative estimate of drug-likeness (QED) is 0.656. The molecule has 1 aromatic carbocycles. The third-order valence-corrected chi connectivity index (χ3v) is 3.84. The van der Waals surface area contributed by atoms with Crippen LogP contribution in [0.3, 0.4) is 0 Å². The Morgan fingerprint density at radius 3 is 2.29 bits per heavy atom. The van der Waals surface area contributed by atoms with E-state index in [1.165, 1.54) is 24.0 Å². The van der Waals surface area contributed by atoms with Crippen LogP contribution in [0, 0.1) is 11.3 Å². The Bertz CT molecular complexity index is 381. The highest BCUT2D eigenvalue weighted by Gasteiger charge is 2.17. The third kappa shape index (κ3) is 8.23. The van der Waals surface area contributed by atoms with Crippen molar-refractivity contribution in [2.45, 2.75) is 47.0 Å². The van der Waals surface area contributed by atoms with Crippen molar-refractivity contribution in [1.29, 1.82) is 0 Å². The van der Waals surface area contributed by atoms with Gasteiger partial charge in [0, 0.05) is 20.2 Å². The Morgan fingerprint density at radius 1 is 1.10 bits per heavy atom. The minimum Gasteiger partial charge on any atom is -0.383 e. The van der Waals surface area contributed by atoms with Crippen LogP contribution in [-0.2, 0) is 17.6 Å². The minimum absolute atomic E-state index is 0.324. The van der Waals surface area contributed by atoms with Crippen LogP contribution >= 0.6 is 0 Å². The average Bonchev–Trinajstić information content (AvgIpc) is 2.42. The summed E-state index contributed by atoms with van der Waals surface area (Å²) in [5.41, 5.74) is 3.23. The van der Waals surface area contributed by atoms with Crippen LogP contribution in [0.15, 0.2) is 24.3 Å². The van der Waals surface area contributed by atoms with Gasteiger partial charge in [-0.3, -0.25) is 0 Å². The van der Waals surface area contributed by atoms with Gasteiger partial charge in [0.15, 0.2) is 0 Å². The van der Waals surface area contributed by atoms with Crippen molar-refractivity contribution in [3.63, 3.8) is 0 Å². The molecule has 0 spiro atoms. The van der Waals surface area contributed by atoms with Crippen molar-refractivity contribution in [3.8, 4) is 0 Å². The fourth-order valence-electron chi connectivity index (χ4n) is 2.49. The highest BCUT2D eigenvalue weighted by atomic mass is 16.5. The number of hydrogen-bond acceptors (Lipinski definition) is 2. The summed E-state index contributed by atoms with van der Waals surface area (Å²) in [5.74, 6) is 0.730. The highest BCUT2D eigenvalue weighted by molar-refractivity contribution is 5.23. The van der Waals surface area contributed by atoms with Gasteiger partial charge in [-0.2, -0.15) is 0 Å². The van der Waals surface area contributed by atoms with Crippen molar-refractivity contribution in [3.05, 3.63) is 35.4 Å². The maximum absolute atomic E-state index is 5.06. The molecule has 120 valence electrons. The zero-order valence-corrected chi connectivity index (χ0v) is 14.5. The summed E-state index contributed by atoms with van der Waals surface area (Å²) >= 11 is 0. The van der Waals surface area contributed by atoms with Gasteiger partial charge in [-0.1, -0.05) is 52.0 Å². The molecule has 0 fully saturated rings. The van der Waals surface area contributed by atoms with Crippen LogP contribution in [0.5, 0.6) is 0 Å². The van der Waals surface area contributed by atoms with Crippen LogP contribution in [0.4, 0.5) is 0 Å². The van der Waals surface area contributed by atoms with Gasteiger partial charge in [0.05, 0.1) is 6.61 Å². The zero-order chi connectivity index (χ0) is 15.7. The Kier molecular flexibility index (Phi) is 7.98. The molecule has 21 heavy (non-hydrogen) atoms. The summed E-state index contributed by atoms with van der Waals surface area (Å²) in [5, 5.41) is 3.47. The standard InChI is InChI=1S/C19H33NO/c1-16(2)14-18-8-6-17(7-9-18)10-11-19(3,4)15-20-12-13-21-5/h6-9,16,20H,10-15H2,1-5H3. The van der Waals surface area contributed by atoms with Gasteiger partial charge in [0.25, 0.3) is 0 Å². The molecule has 0 bridgehead atoms. The van der Waals surface area contributed by atoms with E-state index in [4.69, 9.17) is 4.74 Å². The van der Waals surface area contributed by atoms with Crippen LogP contribution in [-0.4, -0.2) is 26.8 Å². The van der Waals surface area contributed by atoms with E-state index < -0.39 is 0 Å². The first-order valence-corrected chi connectivity index (χ1v) is 8.20. The van der Waals surface area contributed by atoms with Crippen molar-refractivity contribution in [2.24, 2.45) is 11.3 Å². The lowest BCUT2D eigenvalue weighted by molar-refractivity contribution is 0.193. The van der Waals surface area contributed by atoms with Gasteiger partial charge >= 0.3 is 0 Å². The van der Waals surface area contributed by atoms with Crippen LogP contribution in [0.25, 0.3) is 0 Å². The van der Waals surface area contributed by atoms with E-state index in [-0.39, 0.29) is 0 Å². The van der Waals surface area contributed by atoms with Gasteiger partial charge in [-0.15, -0.1) is 0 Å². The molecular formula is C19H33NO. The first-order chi connectivity index (χ1) is 9.93. The predicted octanol–water partition coefficient (Wildman–Crippen LogP) is 4.08. The molecule has 1 aromatic rings. The fourth-order valence-corrected chi connectivity index (χ4v) is 2.49. The molecule has 0 saturated carbocycles. The molecule has 0 heterocycles. The monoisotopic (exact) mass is 291 g/mol. The summed E-state index contributed by atoms with van der Waals surface area (Å²) in [6.07, 6.45) is 3.53. The van der Waals surface area contributed by atoms with E-state index in [0.29, 0.717) is 5.41 Å². The highest BCUT2D eigenvalue weighted by Crippen LogP contribution is 2.22. The maximum Gasteiger partial charge on any atom is 0.0587 e. The number of nitrogens with one attached hydrogen (secondary N) is 1. The SMILES string of the molecule is COCCNCC(C)(C)CCc1ccc(CC(C)C)cc1. The van der Waals surface area contributed by atoms with Crippen LogP contribution in [0.2, 0.25) is 0 Å². The van der Waals surface area contributed by atoms with Gasteiger partial charge < -0.3 is 10.1 Å². The van der Waals surface area contributed by atoms with Crippen LogP contribution in [0.1, 0.15) is 45.2 Å². The third-order valence-electron chi connectivity index (χ3n) is 3.84. The molecule has 0 unspecified atom stereocenters. The Hall–Kier alpha value is -0.860. The molecule has 2 nitrogen and oxygen atoms in total. The smallest absolute Gasteiger partial charge is 0.0587 e. The normalized spacial score (nSPS) is 12.1. The topological polar surface area (TPSA) is 21.3 Å². The Balaban J connectivity index is 2.36. The van der Waals surface area contributed by atoms with E-state index in [1.54, 1.807) is 7.11 Å². The maximum atomic E-state index is 5.06. The van der Waals surface area contributed by atoms with Crippen molar-refractivity contribution < 1.29 is 4.74 Å². The summed E-state index contributed by atoms with van der Waals surface area (Å²) in [6, 6.07) is 9.18.